The van der Waals surface area contributed by atoms with E-state index in [0.29, 0.717) is 18.0 Å². The van der Waals surface area contributed by atoms with Gasteiger partial charge < -0.3 is 15.0 Å². The topological polar surface area (TPSA) is 41.6 Å². The second kappa shape index (κ2) is 5.15. The lowest BCUT2D eigenvalue weighted by atomic mass is 9.97. The van der Waals surface area contributed by atoms with E-state index in [-0.39, 0.29) is 5.92 Å². The third-order valence-corrected chi connectivity index (χ3v) is 3.44. The molecule has 2 aliphatic rings. The first kappa shape index (κ1) is 11.9. The van der Waals surface area contributed by atoms with Gasteiger partial charge in [0.1, 0.15) is 0 Å². The van der Waals surface area contributed by atoms with Crippen LogP contribution >= 0.6 is 0 Å². The fourth-order valence-corrected chi connectivity index (χ4v) is 2.71. The number of amides is 1. The van der Waals surface area contributed by atoms with E-state index in [1.165, 1.54) is 0 Å². The molecule has 0 aromatic rings. The van der Waals surface area contributed by atoms with Crippen LogP contribution in [0, 0.1) is 5.92 Å². The maximum absolute atomic E-state index is 12.3. The number of carbonyl (C=O) groups excluding carboxylic acids is 1. The fourth-order valence-electron chi connectivity index (χ4n) is 2.71. The van der Waals surface area contributed by atoms with E-state index in [1.807, 2.05) is 4.90 Å². The van der Waals surface area contributed by atoms with Crippen molar-refractivity contribution < 1.29 is 9.53 Å². The standard InChI is InChI=1S/C12H22N2O2/c1-9-7-14(8-10(2)13-9)12(15)11-3-5-16-6-4-11/h9-11,13H,3-8H2,1-2H3. The third kappa shape index (κ3) is 2.74. The van der Waals surface area contributed by atoms with Gasteiger partial charge in [-0.15, -0.1) is 0 Å². The van der Waals surface area contributed by atoms with Gasteiger partial charge in [0, 0.05) is 44.3 Å². The summed E-state index contributed by atoms with van der Waals surface area (Å²) in [5, 5.41) is 3.45. The molecule has 2 unspecified atom stereocenters. The Hall–Kier alpha value is -0.610. The van der Waals surface area contributed by atoms with Crippen LogP contribution in [-0.2, 0) is 9.53 Å². The van der Waals surface area contributed by atoms with Gasteiger partial charge in [0.05, 0.1) is 0 Å². The number of carbonyl (C=O) groups is 1. The molecule has 0 aromatic heterocycles. The van der Waals surface area contributed by atoms with Crippen molar-refractivity contribution in [1.29, 1.82) is 0 Å². The fraction of sp³-hybridized carbons (Fsp3) is 0.917. The zero-order valence-corrected chi connectivity index (χ0v) is 10.2. The maximum atomic E-state index is 12.3. The Morgan fingerprint density at radius 2 is 1.75 bits per heavy atom. The van der Waals surface area contributed by atoms with Crippen molar-refractivity contribution in [3.8, 4) is 0 Å². The highest BCUT2D eigenvalue weighted by Gasteiger charge is 2.30. The minimum Gasteiger partial charge on any atom is -0.381 e. The molecule has 1 N–H and O–H groups in total. The normalized spacial score (nSPS) is 32.8. The van der Waals surface area contributed by atoms with Gasteiger partial charge in [0.2, 0.25) is 5.91 Å². The van der Waals surface area contributed by atoms with Crippen molar-refractivity contribution in [2.45, 2.75) is 38.8 Å². The van der Waals surface area contributed by atoms with E-state index in [1.54, 1.807) is 0 Å². The molecule has 2 atom stereocenters. The summed E-state index contributed by atoms with van der Waals surface area (Å²) in [4.78, 5) is 14.3. The van der Waals surface area contributed by atoms with Gasteiger partial charge >= 0.3 is 0 Å². The molecule has 1 amide bonds. The van der Waals surface area contributed by atoms with Crippen molar-refractivity contribution in [1.82, 2.24) is 10.2 Å². The number of hydrogen-bond acceptors (Lipinski definition) is 3. The first-order valence-corrected chi connectivity index (χ1v) is 6.29. The molecule has 0 aromatic carbocycles. The number of hydrogen-bond donors (Lipinski definition) is 1. The van der Waals surface area contributed by atoms with Gasteiger partial charge in [0.15, 0.2) is 0 Å². The van der Waals surface area contributed by atoms with Gasteiger partial charge in [-0.05, 0) is 26.7 Å². The molecule has 0 bridgehead atoms. The van der Waals surface area contributed by atoms with Crippen molar-refractivity contribution in [2.75, 3.05) is 26.3 Å². The van der Waals surface area contributed by atoms with E-state index in [2.05, 4.69) is 19.2 Å². The monoisotopic (exact) mass is 226 g/mol. The van der Waals surface area contributed by atoms with E-state index in [9.17, 15) is 4.79 Å². The largest absolute Gasteiger partial charge is 0.381 e. The van der Waals surface area contributed by atoms with Crippen LogP contribution in [-0.4, -0.2) is 49.2 Å². The molecule has 2 saturated heterocycles. The smallest absolute Gasteiger partial charge is 0.225 e. The predicted octanol–water partition coefficient (Wildman–Crippen LogP) is 0.622. The van der Waals surface area contributed by atoms with Gasteiger partial charge in [-0.2, -0.15) is 0 Å². The summed E-state index contributed by atoms with van der Waals surface area (Å²) in [7, 11) is 0. The summed E-state index contributed by atoms with van der Waals surface area (Å²) in [5.74, 6) is 0.537. The van der Waals surface area contributed by atoms with Crippen molar-refractivity contribution >= 4 is 5.91 Å². The minimum atomic E-state index is 0.200. The summed E-state index contributed by atoms with van der Waals surface area (Å²) in [6.45, 7) is 7.46. The molecule has 16 heavy (non-hydrogen) atoms. The summed E-state index contributed by atoms with van der Waals surface area (Å²) in [5.41, 5.74) is 0. The Morgan fingerprint density at radius 3 is 2.31 bits per heavy atom. The van der Waals surface area contributed by atoms with Gasteiger partial charge in [-0.25, -0.2) is 0 Å². The Balaban J connectivity index is 1.92. The van der Waals surface area contributed by atoms with Crippen LogP contribution in [0.15, 0.2) is 0 Å². The van der Waals surface area contributed by atoms with Gasteiger partial charge in [-0.3, -0.25) is 4.79 Å². The molecule has 2 heterocycles. The summed E-state index contributed by atoms with van der Waals surface area (Å²) in [6, 6.07) is 0.820. The Bertz CT molecular complexity index is 241. The van der Waals surface area contributed by atoms with Crippen LogP contribution in [0.5, 0.6) is 0 Å². The molecule has 0 spiro atoms. The predicted molar refractivity (Wildman–Crippen MR) is 62.2 cm³/mol. The molecule has 2 fully saturated rings. The number of nitrogens with one attached hydrogen (secondary N) is 1. The van der Waals surface area contributed by atoms with Gasteiger partial charge in [-0.1, -0.05) is 0 Å². The highest BCUT2D eigenvalue weighted by molar-refractivity contribution is 5.79. The lowest BCUT2D eigenvalue weighted by molar-refractivity contribution is -0.140. The second-order valence-corrected chi connectivity index (χ2v) is 5.10. The molecule has 0 radical (unpaired) electrons. The number of ether oxygens (including phenoxy) is 1. The number of nitrogens with zero attached hydrogens (tertiary/aromatic N) is 1. The number of piperazine rings is 1. The van der Waals surface area contributed by atoms with Crippen molar-refractivity contribution in [3.63, 3.8) is 0 Å². The van der Waals surface area contributed by atoms with Crippen LogP contribution in [0.3, 0.4) is 0 Å². The quantitative estimate of drug-likeness (QED) is 0.713. The van der Waals surface area contributed by atoms with Crippen molar-refractivity contribution in [3.05, 3.63) is 0 Å². The second-order valence-electron chi connectivity index (χ2n) is 5.10. The molecule has 4 heteroatoms. The minimum absolute atomic E-state index is 0.200. The molecular formula is C12H22N2O2. The van der Waals surface area contributed by atoms with Crippen LogP contribution in [0.2, 0.25) is 0 Å². The summed E-state index contributed by atoms with van der Waals surface area (Å²) in [6.07, 6.45) is 1.79. The molecule has 2 aliphatic heterocycles. The Kier molecular flexibility index (Phi) is 3.82. The zero-order valence-electron chi connectivity index (χ0n) is 10.2. The van der Waals surface area contributed by atoms with Crippen LogP contribution < -0.4 is 5.32 Å². The van der Waals surface area contributed by atoms with Gasteiger partial charge in [0.25, 0.3) is 0 Å². The highest BCUT2D eigenvalue weighted by Crippen LogP contribution is 2.19. The van der Waals surface area contributed by atoms with Crippen LogP contribution in [0.1, 0.15) is 26.7 Å². The molecular weight excluding hydrogens is 204 g/mol. The lowest BCUT2D eigenvalue weighted by Gasteiger charge is -2.38. The number of rotatable bonds is 1. The van der Waals surface area contributed by atoms with E-state index < -0.39 is 0 Å². The average molecular weight is 226 g/mol. The summed E-state index contributed by atoms with van der Waals surface area (Å²) >= 11 is 0. The van der Waals surface area contributed by atoms with E-state index in [0.717, 1.165) is 39.1 Å². The lowest BCUT2D eigenvalue weighted by Crippen LogP contribution is -2.57. The Labute approximate surface area is 97.3 Å². The van der Waals surface area contributed by atoms with E-state index >= 15 is 0 Å². The van der Waals surface area contributed by atoms with Crippen molar-refractivity contribution in [2.24, 2.45) is 5.92 Å². The third-order valence-electron chi connectivity index (χ3n) is 3.44. The molecule has 0 saturated carbocycles. The molecule has 0 aliphatic carbocycles. The van der Waals surface area contributed by atoms with E-state index in [4.69, 9.17) is 4.74 Å². The molecule has 92 valence electrons. The highest BCUT2D eigenvalue weighted by atomic mass is 16.5. The first-order valence-electron chi connectivity index (χ1n) is 6.29. The SMILES string of the molecule is CC1CN(C(=O)C2CCOCC2)CC(C)N1. The van der Waals surface area contributed by atoms with Crippen LogP contribution in [0.25, 0.3) is 0 Å². The maximum Gasteiger partial charge on any atom is 0.225 e. The average Bonchev–Trinajstić information content (AvgIpc) is 2.28. The zero-order chi connectivity index (χ0) is 11.5. The van der Waals surface area contributed by atoms with Crippen LogP contribution in [0.4, 0.5) is 0 Å². The molecule has 4 nitrogen and oxygen atoms in total. The molecule has 2 rings (SSSR count). The Morgan fingerprint density at radius 1 is 1.19 bits per heavy atom. The summed E-state index contributed by atoms with van der Waals surface area (Å²) < 4.78 is 5.30. The first-order chi connectivity index (χ1) is 7.66.